The summed E-state index contributed by atoms with van der Waals surface area (Å²) in [7, 11) is 19.3. The van der Waals surface area contributed by atoms with E-state index in [1.165, 1.54) is 269 Å². The van der Waals surface area contributed by atoms with E-state index in [1.807, 2.05) is 0 Å². The van der Waals surface area contributed by atoms with Crippen LogP contribution in [0.2, 0.25) is 0 Å². The zero-order valence-electron chi connectivity index (χ0n) is 84.7. The van der Waals surface area contributed by atoms with E-state index >= 15 is 0 Å². The van der Waals surface area contributed by atoms with Gasteiger partial charge in [-0.2, -0.15) is 0 Å². The zero-order chi connectivity index (χ0) is 95.7. The quantitative estimate of drug-likeness (QED) is 0.164. The Morgan fingerprint density at radius 1 is 0.272 bits per heavy atom. The molecule has 0 atom stereocenters. The number of para-hydroxylation sites is 2. The van der Waals surface area contributed by atoms with Crippen LogP contribution in [0.25, 0.3) is 98.4 Å². The Morgan fingerprint density at radius 2 is 0.735 bits per heavy atom. The van der Waals surface area contributed by atoms with Crippen molar-refractivity contribution >= 4 is 116 Å². The molecule has 5 aromatic heterocycles. The van der Waals surface area contributed by atoms with E-state index in [0.29, 0.717) is 0 Å². The van der Waals surface area contributed by atoms with Crippen LogP contribution in [0.5, 0.6) is 0 Å². The second kappa shape index (κ2) is 39.7. The monoisotopic (exact) mass is 1790 g/mol. The SMILES string of the molecule is Cc1ccc2c(c1)C(C)(C)C=CN2C.Cc1ccc2c(c1)C(C)(C)c1ccccc1N2C.Cc1ccc2c(c1)CC=CN2C.Cc1ccc2c(c1)CCCN2C.Cc1ccc2c(c1)c1c(n2C)CCC1.Cc1ccc2c(c1)c1c(n2C)CCCC1.Cc1ccc2c(c1)c1ccc3ccccc3c1n2C.Cc1ccc2c(c1)c1ccccc1n2C.Cc1ccc2c(c1)cc(-c1ccccc1)n2C. The first-order valence-electron chi connectivity index (χ1n) is 49.2. The number of rotatable bonds is 1. The van der Waals surface area contributed by atoms with Gasteiger partial charge in [-0.3, -0.25) is 0 Å². The molecule has 14 aromatic carbocycles. The average Bonchev–Trinajstić information content (AvgIpc) is 1.56. The van der Waals surface area contributed by atoms with Gasteiger partial charge in [-0.05, 0) is 280 Å². The Kier molecular flexibility index (Phi) is 27.4. The highest BCUT2D eigenvalue weighted by molar-refractivity contribution is 6.18. The van der Waals surface area contributed by atoms with Gasteiger partial charge in [0.15, 0.2) is 0 Å². The summed E-state index contributed by atoms with van der Waals surface area (Å²) >= 11 is 0. The highest BCUT2D eigenvalue weighted by atomic mass is 15.1. The molecule has 0 unspecified atom stereocenters. The van der Waals surface area contributed by atoms with E-state index in [-0.39, 0.29) is 10.8 Å². The molecule has 9 heterocycles. The van der Waals surface area contributed by atoms with Gasteiger partial charge in [0, 0.05) is 215 Å². The van der Waals surface area contributed by atoms with Crippen molar-refractivity contribution in [1.82, 2.24) is 22.8 Å². The fraction of sp³-hybridized carbons (Fsp3) is 0.276. The predicted molar refractivity (Wildman–Crippen MR) is 590 cm³/mol. The number of aromatic nitrogens is 5. The second-order valence-electron chi connectivity index (χ2n) is 40.3. The third-order valence-corrected chi connectivity index (χ3v) is 29.4. The topological polar surface area (TPSA) is 37.6 Å². The van der Waals surface area contributed by atoms with E-state index in [2.05, 4.69) is 506 Å². The molecule has 4 aliphatic heterocycles. The van der Waals surface area contributed by atoms with Crippen molar-refractivity contribution in [1.29, 1.82) is 0 Å². The van der Waals surface area contributed by atoms with E-state index in [1.54, 1.807) is 22.5 Å². The third kappa shape index (κ3) is 19.2. The number of allylic oxidation sites excluding steroid dienone is 2. The molecule has 0 bridgehead atoms. The molecule has 9 nitrogen and oxygen atoms in total. The maximum Gasteiger partial charge on any atom is 0.0568 e. The standard InChI is InChI=1S/C18H15N.C17H19N.C16H15N.C14H17N.C14H13N.C13H15N.C13H17N.C11H15N.C11H13N/c1-12-7-10-17-16(11-12)15-9-8-13-5-3-4-6-14(13)18(15)19(17)2;1-12-9-10-16-14(11-12)17(2,3)13-7-5-6-8-15(13)18(16)4;1-12-8-9-15-14(10-12)11-16(17(15)2)13-6-4-3-5-7-13;2*1-10-7-8-14-12(9-10)11-5-3-4-6-13(11)15(14)2;1-9-6-7-13-11(8-9)10-4-3-5-12(10)14(13)2;1-10-5-6-12-11(9-10)13(2,3)7-8-14(12)4;2*1-9-5-6-11-10(8-9)4-3-7-12(11)2/h3-11H,1-2H3;5-11H,1-4H3;3-11H,1-2H3;7-9H,3-6H2,1-2H3;3-9H,1-2H3;6-8H,3-5H2,1-2H3;5-9H,1-4H3;5-6,8H,3-4,7H2,1-2H3;3,5-8H,4H2,1-2H3. The van der Waals surface area contributed by atoms with E-state index in [9.17, 15) is 0 Å². The highest BCUT2D eigenvalue weighted by Crippen LogP contribution is 2.49. The van der Waals surface area contributed by atoms with Crippen molar-refractivity contribution in [2.45, 2.75) is 165 Å². The smallest absolute Gasteiger partial charge is 0.0568 e. The van der Waals surface area contributed by atoms with Gasteiger partial charge in [-0.1, -0.05) is 272 Å². The fourth-order valence-corrected chi connectivity index (χ4v) is 21.9. The van der Waals surface area contributed by atoms with Gasteiger partial charge in [-0.15, -0.1) is 0 Å². The van der Waals surface area contributed by atoms with Crippen molar-refractivity contribution in [2.24, 2.45) is 35.2 Å². The van der Waals surface area contributed by atoms with Crippen LogP contribution in [0.3, 0.4) is 0 Å². The molecule has 0 N–H and O–H groups in total. The maximum atomic E-state index is 2.39. The van der Waals surface area contributed by atoms with Crippen LogP contribution in [0.15, 0.2) is 310 Å². The Balaban J connectivity index is 0.000000107. The van der Waals surface area contributed by atoms with Crippen molar-refractivity contribution < 1.29 is 0 Å². The molecule has 25 rings (SSSR count). The summed E-state index contributed by atoms with van der Waals surface area (Å²) in [4.78, 5) is 8.99. The van der Waals surface area contributed by atoms with Crippen molar-refractivity contribution in [3.05, 3.63) is 410 Å². The van der Waals surface area contributed by atoms with Gasteiger partial charge in [0.2, 0.25) is 0 Å². The molecule has 0 saturated heterocycles. The minimum Gasteiger partial charge on any atom is -0.374 e. The van der Waals surface area contributed by atoms with Crippen molar-refractivity contribution in [2.75, 3.05) is 54.3 Å². The first kappa shape index (κ1) is 94.0. The average molecular weight is 1790 g/mol. The minimum atomic E-state index is 0.0739. The normalized spacial score (nSPS) is 14.2. The van der Waals surface area contributed by atoms with E-state index in [4.69, 9.17) is 0 Å². The van der Waals surface area contributed by atoms with Gasteiger partial charge in [0.1, 0.15) is 0 Å². The second-order valence-corrected chi connectivity index (χ2v) is 40.3. The minimum absolute atomic E-state index is 0.0739. The number of anilines is 5. The van der Waals surface area contributed by atoms with Crippen LogP contribution in [-0.4, -0.2) is 57.6 Å². The van der Waals surface area contributed by atoms with Crippen LogP contribution in [0.1, 0.15) is 154 Å². The summed E-state index contributed by atoms with van der Waals surface area (Å²) in [5.74, 6) is 0. The molecule has 9 heteroatoms. The fourth-order valence-electron chi connectivity index (χ4n) is 21.9. The predicted octanol–water partition coefficient (Wildman–Crippen LogP) is 31.4. The molecule has 6 aliphatic rings. The van der Waals surface area contributed by atoms with Gasteiger partial charge in [-0.25, -0.2) is 0 Å². The number of aryl methyl sites for hydroxylation is 17. The van der Waals surface area contributed by atoms with Gasteiger partial charge in [0.25, 0.3) is 0 Å². The molecule has 136 heavy (non-hydrogen) atoms. The lowest BCUT2D eigenvalue weighted by atomic mass is 9.73. The van der Waals surface area contributed by atoms with Crippen molar-refractivity contribution in [3.8, 4) is 11.3 Å². The van der Waals surface area contributed by atoms with Crippen LogP contribution < -0.4 is 19.6 Å². The molecular formula is C127H139N9. The molecule has 0 radical (unpaired) electrons. The lowest BCUT2D eigenvalue weighted by molar-refractivity contribution is 0.629. The Labute approximate surface area is 808 Å². The first-order chi connectivity index (χ1) is 65.4. The van der Waals surface area contributed by atoms with E-state index < -0.39 is 0 Å². The molecule has 2 aliphatic carbocycles. The summed E-state index contributed by atoms with van der Waals surface area (Å²) in [6.45, 7) is 29.7. The zero-order valence-corrected chi connectivity index (χ0v) is 84.7. The molecular weight excluding hydrogens is 1650 g/mol. The number of hydrogen-bond acceptors (Lipinski definition) is 4. The molecule has 0 spiro atoms. The maximum absolute atomic E-state index is 2.39. The van der Waals surface area contributed by atoms with Gasteiger partial charge in [0.05, 0.1) is 5.52 Å². The van der Waals surface area contributed by atoms with Crippen LogP contribution in [0.4, 0.5) is 28.4 Å². The number of hydrogen-bond donors (Lipinski definition) is 0. The Bertz CT molecular complexity index is 7710. The molecule has 19 aromatic rings. The van der Waals surface area contributed by atoms with Crippen molar-refractivity contribution in [3.63, 3.8) is 0 Å². The van der Waals surface area contributed by atoms with E-state index in [0.717, 1.165) is 6.42 Å². The van der Waals surface area contributed by atoms with Gasteiger partial charge < -0.3 is 42.4 Å². The lowest BCUT2D eigenvalue weighted by Crippen LogP contribution is -2.30. The van der Waals surface area contributed by atoms with Crippen LogP contribution in [0, 0.1) is 62.3 Å². The van der Waals surface area contributed by atoms with Gasteiger partial charge >= 0.3 is 0 Å². The summed E-state index contributed by atoms with van der Waals surface area (Å²) in [5, 5.41) is 12.3. The summed E-state index contributed by atoms with van der Waals surface area (Å²) < 4.78 is 11.6. The highest BCUT2D eigenvalue weighted by Gasteiger charge is 2.35. The number of fused-ring (bicyclic) bond motifs is 20. The molecule has 0 amide bonds. The van der Waals surface area contributed by atoms with Crippen LogP contribution >= 0.6 is 0 Å². The summed E-state index contributed by atoms with van der Waals surface area (Å²) in [5.41, 5.74) is 44.5. The Hall–Kier alpha value is -13.8. The summed E-state index contributed by atoms with van der Waals surface area (Å²) in [6, 6.07) is 103. The Morgan fingerprint density at radius 3 is 1.39 bits per heavy atom. The first-order valence-corrected chi connectivity index (χ1v) is 49.2. The molecule has 692 valence electrons. The molecule has 0 saturated carbocycles. The summed E-state index contributed by atoms with van der Waals surface area (Å²) in [6.07, 6.45) is 21.5. The third-order valence-electron chi connectivity index (χ3n) is 29.4. The lowest BCUT2D eigenvalue weighted by Gasteiger charge is -2.40. The largest absolute Gasteiger partial charge is 0.374 e. The van der Waals surface area contributed by atoms with Crippen LogP contribution in [-0.2, 0) is 84.6 Å². The number of benzene rings is 14. The molecule has 0 fully saturated rings. The number of nitrogens with zero attached hydrogens (tertiary/aromatic N) is 9.